The summed E-state index contributed by atoms with van der Waals surface area (Å²) in [4.78, 5) is 49.0. The highest BCUT2D eigenvalue weighted by molar-refractivity contribution is 5.99. The first-order valence-corrected chi connectivity index (χ1v) is 10.4. The Kier molecular flexibility index (Phi) is 7.75. The van der Waals surface area contributed by atoms with Crippen LogP contribution in [0.15, 0.2) is 66.7 Å². The van der Waals surface area contributed by atoms with Crippen molar-refractivity contribution < 1.29 is 19.2 Å². The van der Waals surface area contributed by atoms with Gasteiger partial charge < -0.3 is 21.7 Å². The number of hydrogen-bond acceptors (Lipinski definition) is 4. The molecule has 8 nitrogen and oxygen atoms in total. The van der Waals surface area contributed by atoms with Gasteiger partial charge in [0.2, 0.25) is 23.6 Å². The summed E-state index contributed by atoms with van der Waals surface area (Å²) in [5.74, 6) is -2.04. The van der Waals surface area contributed by atoms with Crippen LogP contribution in [0.3, 0.4) is 0 Å². The third kappa shape index (κ3) is 6.53. The number of hydrogen-bond donors (Lipinski definition) is 4. The Morgan fingerprint density at radius 3 is 2.19 bits per heavy atom. The normalized spacial score (nSPS) is 19.1. The molecule has 3 atom stereocenters. The minimum absolute atomic E-state index is 0.207. The van der Waals surface area contributed by atoms with Crippen LogP contribution in [-0.4, -0.2) is 41.8 Å². The number of rotatable bonds is 9. The molecular formula is C24H26N4O4. The SMILES string of the molecule is NC(=O)[C@@H](C/C=C/c1ccccc1)NC(=O)C[C@@H]1NC(=O)[C@H](Cc2ccccc2)NC1=O. The van der Waals surface area contributed by atoms with Crippen molar-refractivity contribution >= 4 is 29.7 Å². The molecule has 5 N–H and O–H groups in total. The number of carbonyl (C=O) groups excluding carboxylic acids is 4. The predicted octanol–water partition coefficient (Wildman–Crippen LogP) is 0.676. The number of nitrogens with two attached hydrogens (primary N) is 1. The van der Waals surface area contributed by atoms with Gasteiger partial charge in [-0.2, -0.15) is 0 Å². The molecule has 8 heteroatoms. The molecule has 0 spiro atoms. The van der Waals surface area contributed by atoms with Gasteiger partial charge in [0.15, 0.2) is 0 Å². The van der Waals surface area contributed by atoms with E-state index in [0.29, 0.717) is 6.42 Å². The fraction of sp³-hybridized carbons (Fsp3) is 0.250. The van der Waals surface area contributed by atoms with Crippen molar-refractivity contribution in [2.45, 2.75) is 37.4 Å². The summed E-state index contributed by atoms with van der Waals surface area (Å²) in [6.07, 6.45) is 3.84. The van der Waals surface area contributed by atoms with Crippen LogP contribution in [0.4, 0.5) is 0 Å². The quantitative estimate of drug-likeness (QED) is 0.462. The second kappa shape index (κ2) is 10.9. The molecule has 1 saturated heterocycles. The van der Waals surface area contributed by atoms with Gasteiger partial charge in [0, 0.05) is 6.42 Å². The van der Waals surface area contributed by atoms with Crippen LogP contribution in [0.1, 0.15) is 24.0 Å². The van der Waals surface area contributed by atoms with Crippen LogP contribution in [0.5, 0.6) is 0 Å². The molecule has 1 aliphatic heterocycles. The Bertz CT molecular complexity index is 992. The van der Waals surface area contributed by atoms with Crippen molar-refractivity contribution in [3.63, 3.8) is 0 Å². The molecule has 2 aromatic rings. The standard InChI is InChI=1S/C24H26N4O4/c25-22(30)18(13-7-12-16-8-3-1-4-9-16)26-21(29)15-20-24(32)27-19(23(31)28-20)14-17-10-5-2-6-11-17/h1-12,18-20H,13-15H2,(H2,25,30)(H,26,29)(H,27,32)(H,28,31)/b12-7+/t18-,19+,20+/m1/s1. The molecule has 0 radical (unpaired) electrons. The van der Waals surface area contributed by atoms with E-state index in [-0.39, 0.29) is 18.7 Å². The van der Waals surface area contributed by atoms with Gasteiger partial charge in [-0.3, -0.25) is 19.2 Å². The van der Waals surface area contributed by atoms with Crippen LogP contribution in [0, 0.1) is 0 Å². The molecule has 0 unspecified atom stereocenters. The maximum Gasteiger partial charge on any atom is 0.243 e. The smallest absolute Gasteiger partial charge is 0.243 e. The zero-order valence-electron chi connectivity index (χ0n) is 17.5. The Morgan fingerprint density at radius 1 is 0.938 bits per heavy atom. The van der Waals surface area contributed by atoms with Crippen molar-refractivity contribution in [3.8, 4) is 0 Å². The molecule has 32 heavy (non-hydrogen) atoms. The van der Waals surface area contributed by atoms with Gasteiger partial charge in [0.25, 0.3) is 0 Å². The molecular weight excluding hydrogens is 408 g/mol. The molecule has 4 amide bonds. The first kappa shape index (κ1) is 22.7. The van der Waals surface area contributed by atoms with Gasteiger partial charge in [-0.25, -0.2) is 0 Å². The van der Waals surface area contributed by atoms with Gasteiger partial charge in [-0.1, -0.05) is 72.8 Å². The lowest BCUT2D eigenvalue weighted by molar-refractivity contribution is -0.138. The average molecular weight is 434 g/mol. The van der Waals surface area contributed by atoms with Crippen molar-refractivity contribution in [3.05, 3.63) is 77.9 Å². The summed E-state index contributed by atoms with van der Waals surface area (Å²) in [5, 5.41) is 7.80. The topological polar surface area (TPSA) is 130 Å². The fourth-order valence-corrected chi connectivity index (χ4v) is 3.40. The summed E-state index contributed by atoms with van der Waals surface area (Å²) in [6, 6.07) is 16.2. The largest absolute Gasteiger partial charge is 0.368 e. The molecule has 0 bridgehead atoms. The van der Waals surface area contributed by atoms with E-state index in [0.717, 1.165) is 11.1 Å². The average Bonchev–Trinajstić information content (AvgIpc) is 2.78. The molecule has 1 fully saturated rings. The Labute approximate surface area is 186 Å². The lowest BCUT2D eigenvalue weighted by Crippen LogP contribution is -2.63. The van der Waals surface area contributed by atoms with Crippen LogP contribution in [0.25, 0.3) is 6.08 Å². The molecule has 1 aliphatic rings. The minimum Gasteiger partial charge on any atom is -0.368 e. The van der Waals surface area contributed by atoms with Crippen LogP contribution in [-0.2, 0) is 25.6 Å². The Hall–Kier alpha value is -3.94. The summed E-state index contributed by atoms with van der Waals surface area (Å²) in [7, 11) is 0. The summed E-state index contributed by atoms with van der Waals surface area (Å²) in [5.41, 5.74) is 7.27. The zero-order chi connectivity index (χ0) is 22.9. The second-order valence-corrected chi connectivity index (χ2v) is 7.59. The molecule has 0 aliphatic carbocycles. The van der Waals surface area contributed by atoms with Gasteiger partial charge in [0.05, 0.1) is 6.42 Å². The second-order valence-electron chi connectivity index (χ2n) is 7.59. The van der Waals surface area contributed by atoms with Gasteiger partial charge >= 0.3 is 0 Å². The number of primary amides is 1. The fourth-order valence-electron chi connectivity index (χ4n) is 3.40. The summed E-state index contributed by atoms with van der Waals surface area (Å²) < 4.78 is 0. The summed E-state index contributed by atoms with van der Waals surface area (Å²) >= 11 is 0. The van der Waals surface area contributed by atoms with Crippen molar-refractivity contribution in [1.82, 2.24) is 16.0 Å². The minimum atomic E-state index is -1.01. The third-order valence-electron chi connectivity index (χ3n) is 5.10. The highest BCUT2D eigenvalue weighted by Crippen LogP contribution is 2.09. The number of piperazine rings is 1. The Balaban J connectivity index is 1.51. The predicted molar refractivity (Wildman–Crippen MR) is 120 cm³/mol. The van der Waals surface area contributed by atoms with E-state index in [2.05, 4.69) is 16.0 Å². The highest BCUT2D eigenvalue weighted by Gasteiger charge is 2.35. The summed E-state index contributed by atoms with van der Waals surface area (Å²) in [6.45, 7) is 0. The number of nitrogens with one attached hydrogen (secondary N) is 3. The first-order chi connectivity index (χ1) is 15.4. The van der Waals surface area contributed by atoms with Gasteiger partial charge in [0.1, 0.15) is 18.1 Å². The van der Waals surface area contributed by atoms with E-state index in [4.69, 9.17) is 5.73 Å². The molecule has 0 aromatic heterocycles. The van der Waals surface area contributed by atoms with Gasteiger partial charge in [-0.05, 0) is 17.5 Å². The highest BCUT2D eigenvalue weighted by atomic mass is 16.2. The van der Waals surface area contributed by atoms with Crippen molar-refractivity contribution in [1.29, 1.82) is 0 Å². The van der Waals surface area contributed by atoms with E-state index in [9.17, 15) is 19.2 Å². The lowest BCUT2D eigenvalue weighted by Gasteiger charge is -2.29. The molecule has 166 valence electrons. The molecule has 3 rings (SSSR count). The maximum absolute atomic E-state index is 12.4. The van der Waals surface area contributed by atoms with Crippen LogP contribution < -0.4 is 21.7 Å². The lowest BCUT2D eigenvalue weighted by atomic mass is 10.0. The Morgan fingerprint density at radius 2 is 1.53 bits per heavy atom. The van der Waals surface area contributed by atoms with E-state index < -0.39 is 35.8 Å². The van der Waals surface area contributed by atoms with Crippen LogP contribution in [0.2, 0.25) is 0 Å². The monoisotopic (exact) mass is 434 g/mol. The zero-order valence-corrected chi connectivity index (χ0v) is 17.5. The van der Waals surface area contributed by atoms with E-state index in [1.807, 2.05) is 66.7 Å². The molecule has 2 aromatic carbocycles. The van der Waals surface area contributed by atoms with Crippen molar-refractivity contribution in [2.24, 2.45) is 5.73 Å². The van der Waals surface area contributed by atoms with E-state index in [1.165, 1.54) is 0 Å². The van der Waals surface area contributed by atoms with E-state index in [1.54, 1.807) is 6.08 Å². The van der Waals surface area contributed by atoms with Gasteiger partial charge in [-0.15, -0.1) is 0 Å². The molecule has 1 heterocycles. The maximum atomic E-state index is 12.4. The number of carbonyl (C=O) groups is 4. The van der Waals surface area contributed by atoms with E-state index >= 15 is 0 Å². The number of benzene rings is 2. The third-order valence-corrected chi connectivity index (χ3v) is 5.10. The molecule has 0 saturated carbocycles. The van der Waals surface area contributed by atoms with Crippen molar-refractivity contribution in [2.75, 3.05) is 0 Å². The van der Waals surface area contributed by atoms with Crippen LogP contribution >= 0.6 is 0 Å². The number of amides is 4. The first-order valence-electron chi connectivity index (χ1n) is 10.4.